The number of likely N-dealkylation sites (tertiary alicyclic amines) is 1. The van der Waals surface area contributed by atoms with Gasteiger partial charge in [0.15, 0.2) is 0 Å². The minimum Gasteiger partial charge on any atom is -0.373 e. The molecular weight excluding hydrogens is 326 g/mol. The van der Waals surface area contributed by atoms with Gasteiger partial charge in [-0.05, 0) is 32.4 Å². The summed E-state index contributed by atoms with van der Waals surface area (Å²) in [5, 5.41) is 13.2. The number of hydrogen-bond acceptors (Lipinski definition) is 6. The first-order valence-corrected chi connectivity index (χ1v) is 8.98. The molecule has 2 aliphatic heterocycles. The lowest BCUT2D eigenvalue weighted by Crippen LogP contribution is -2.21. The highest BCUT2D eigenvalue weighted by molar-refractivity contribution is 6.48. The third-order valence-electron chi connectivity index (χ3n) is 5.08. The Bertz CT molecular complexity index is 919. The minimum absolute atomic E-state index is 0.135. The molecule has 2 aromatic heterocycles. The SMILES string of the molecule is CCN1CCC(C)(C)C1=CN=C1C(C)=Nn2c1nnc2-c1ccccn1. The highest BCUT2D eigenvalue weighted by Crippen LogP contribution is 2.39. The number of nitrogens with zero attached hydrogens (tertiary/aromatic N) is 7. The van der Waals surface area contributed by atoms with Crippen LogP contribution >= 0.6 is 0 Å². The normalized spacial score (nSPS) is 21.5. The predicted molar refractivity (Wildman–Crippen MR) is 102 cm³/mol. The molecule has 2 aliphatic rings. The van der Waals surface area contributed by atoms with Gasteiger partial charge in [0, 0.05) is 36.6 Å². The van der Waals surface area contributed by atoms with Crippen molar-refractivity contribution in [2.45, 2.75) is 34.1 Å². The van der Waals surface area contributed by atoms with Crippen LogP contribution in [0, 0.1) is 5.41 Å². The Kier molecular flexibility index (Phi) is 3.94. The maximum Gasteiger partial charge on any atom is 0.205 e. The third-order valence-corrected chi connectivity index (χ3v) is 5.08. The van der Waals surface area contributed by atoms with Gasteiger partial charge in [-0.3, -0.25) is 4.98 Å². The molecule has 134 valence electrons. The van der Waals surface area contributed by atoms with Crippen LogP contribution in [0.25, 0.3) is 11.5 Å². The zero-order valence-electron chi connectivity index (χ0n) is 15.6. The highest BCUT2D eigenvalue weighted by Gasteiger charge is 2.34. The maximum atomic E-state index is 4.77. The molecule has 0 N–H and O–H groups in total. The van der Waals surface area contributed by atoms with Crippen LogP contribution in [0.2, 0.25) is 0 Å². The molecule has 0 aromatic carbocycles. The molecule has 7 heteroatoms. The lowest BCUT2D eigenvalue weighted by Gasteiger charge is -2.24. The van der Waals surface area contributed by atoms with Gasteiger partial charge in [-0.15, -0.1) is 10.2 Å². The maximum absolute atomic E-state index is 4.77. The molecule has 0 saturated carbocycles. The van der Waals surface area contributed by atoms with Crippen molar-refractivity contribution >= 4 is 11.4 Å². The second kappa shape index (κ2) is 6.16. The second-order valence-electron chi connectivity index (χ2n) is 7.27. The van der Waals surface area contributed by atoms with E-state index in [9.17, 15) is 0 Å². The lowest BCUT2D eigenvalue weighted by molar-refractivity contribution is 0.391. The molecule has 4 rings (SSSR count). The van der Waals surface area contributed by atoms with Crippen molar-refractivity contribution < 1.29 is 0 Å². The number of aromatic nitrogens is 4. The van der Waals surface area contributed by atoms with E-state index in [1.165, 1.54) is 5.70 Å². The summed E-state index contributed by atoms with van der Waals surface area (Å²) in [6.07, 6.45) is 4.86. The lowest BCUT2D eigenvalue weighted by atomic mass is 9.89. The fourth-order valence-electron chi connectivity index (χ4n) is 3.49. The number of hydrogen-bond donors (Lipinski definition) is 0. The zero-order valence-corrected chi connectivity index (χ0v) is 15.6. The molecule has 0 unspecified atom stereocenters. The van der Waals surface area contributed by atoms with Crippen LogP contribution in [-0.2, 0) is 0 Å². The quantitative estimate of drug-likeness (QED) is 0.854. The first-order valence-electron chi connectivity index (χ1n) is 8.98. The predicted octanol–water partition coefficient (Wildman–Crippen LogP) is 2.96. The van der Waals surface area contributed by atoms with Crippen LogP contribution in [0.4, 0.5) is 0 Å². The van der Waals surface area contributed by atoms with Crippen LogP contribution in [0.3, 0.4) is 0 Å². The van der Waals surface area contributed by atoms with Gasteiger partial charge < -0.3 is 4.90 Å². The van der Waals surface area contributed by atoms with Gasteiger partial charge in [-0.25, -0.2) is 4.99 Å². The molecule has 7 nitrogen and oxygen atoms in total. The average molecular weight is 349 g/mol. The molecule has 1 saturated heterocycles. The van der Waals surface area contributed by atoms with Gasteiger partial charge >= 0.3 is 0 Å². The van der Waals surface area contributed by atoms with Crippen LogP contribution in [0.1, 0.15) is 39.9 Å². The van der Waals surface area contributed by atoms with E-state index in [4.69, 9.17) is 4.99 Å². The summed E-state index contributed by atoms with van der Waals surface area (Å²) in [4.78, 5) is 11.5. The monoisotopic (exact) mass is 349 g/mol. The summed E-state index contributed by atoms with van der Waals surface area (Å²) < 4.78 is 1.73. The van der Waals surface area contributed by atoms with Crippen LogP contribution in [0.15, 0.2) is 46.4 Å². The van der Waals surface area contributed by atoms with Crippen molar-refractivity contribution in [1.29, 1.82) is 0 Å². The highest BCUT2D eigenvalue weighted by atomic mass is 15.5. The average Bonchev–Trinajstić information content (AvgIpc) is 3.26. The summed E-state index contributed by atoms with van der Waals surface area (Å²) in [6.45, 7) is 10.7. The van der Waals surface area contributed by atoms with Gasteiger partial charge in [-0.2, -0.15) is 9.78 Å². The Morgan fingerprint density at radius 2 is 2.04 bits per heavy atom. The summed E-state index contributed by atoms with van der Waals surface area (Å²) in [6, 6.07) is 5.71. The molecular formula is C19H23N7. The van der Waals surface area contributed by atoms with Crippen molar-refractivity contribution in [2.75, 3.05) is 13.1 Å². The third kappa shape index (κ3) is 2.64. The largest absolute Gasteiger partial charge is 0.373 e. The topological polar surface area (TPSA) is 71.6 Å². The Morgan fingerprint density at radius 1 is 1.23 bits per heavy atom. The van der Waals surface area contributed by atoms with E-state index in [0.717, 1.165) is 36.6 Å². The first kappa shape index (κ1) is 16.6. The standard InChI is InChI=1S/C19H23N7/c1-5-25-11-9-19(3,4)15(25)12-21-16-13(2)24-26-17(22-23-18(16)26)14-8-6-7-10-20-14/h6-8,10,12H,5,9,11H2,1-4H3. The van der Waals surface area contributed by atoms with Gasteiger partial charge in [0.05, 0.1) is 5.71 Å². The molecule has 2 aromatic rings. The van der Waals surface area contributed by atoms with Crippen molar-refractivity contribution in [2.24, 2.45) is 15.5 Å². The second-order valence-corrected chi connectivity index (χ2v) is 7.27. The van der Waals surface area contributed by atoms with E-state index in [0.29, 0.717) is 11.6 Å². The molecule has 0 spiro atoms. The molecule has 1 fully saturated rings. The van der Waals surface area contributed by atoms with Crippen LogP contribution < -0.4 is 0 Å². The van der Waals surface area contributed by atoms with E-state index >= 15 is 0 Å². The summed E-state index contributed by atoms with van der Waals surface area (Å²) >= 11 is 0. The molecule has 4 heterocycles. The Hall–Kier alpha value is -2.83. The molecule has 0 bridgehead atoms. The van der Waals surface area contributed by atoms with E-state index in [1.807, 2.05) is 31.3 Å². The number of allylic oxidation sites excluding steroid dienone is 1. The van der Waals surface area contributed by atoms with Crippen LogP contribution in [-0.4, -0.2) is 49.3 Å². The van der Waals surface area contributed by atoms with Crippen molar-refractivity contribution in [3.05, 3.63) is 42.1 Å². The number of rotatable bonds is 3. The van der Waals surface area contributed by atoms with E-state index in [1.54, 1.807) is 10.9 Å². The fraction of sp³-hybridized carbons (Fsp3) is 0.421. The number of pyridine rings is 1. The Balaban J connectivity index is 1.73. The summed E-state index contributed by atoms with van der Waals surface area (Å²) in [5.41, 5.74) is 3.75. The summed E-state index contributed by atoms with van der Waals surface area (Å²) in [7, 11) is 0. The molecule has 0 atom stereocenters. The number of fused-ring (bicyclic) bond motifs is 1. The molecule has 0 radical (unpaired) electrons. The van der Waals surface area contributed by atoms with Crippen molar-refractivity contribution in [1.82, 2.24) is 24.8 Å². The van der Waals surface area contributed by atoms with E-state index in [2.05, 4.69) is 46.0 Å². The van der Waals surface area contributed by atoms with E-state index < -0.39 is 0 Å². The van der Waals surface area contributed by atoms with Gasteiger partial charge in [-0.1, -0.05) is 19.9 Å². The van der Waals surface area contributed by atoms with Crippen LogP contribution in [0.5, 0.6) is 0 Å². The molecule has 0 amide bonds. The summed E-state index contributed by atoms with van der Waals surface area (Å²) in [5.74, 6) is 1.30. The smallest absolute Gasteiger partial charge is 0.205 e. The Labute approximate surface area is 153 Å². The van der Waals surface area contributed by atoms with Gasteiger partial charge in [0.25, 0.3) is 0 Å². The fourth-order valence-corrected chi connectivity index (χ4v) is 3.49. The molecule has 26 heavy (non-hydrogen) atoms. The van der Waals surface area contributed by atoms with Gasteiger partial charge in [0.1, 0.15) is 11.4 Å². The minimum atomic E-state index is 0.135. The van der Waals surface area contributed by atoms with E-state index in [-0.39, 0.29) is 5.41 Å². The van der Waals surface area contributed by atoms with Crippen molar-refractivity contribution in [3.63, 3.8) is 0 Å². The van der Waals surface area contributed by atoms with Gasteiger partial charge in [0.2, 0.25) is 11.6 Å². The van der Waals surface area contributed by atoms with Crippen molar-refractivity contribution in [3.8, 4) is 11.5 Å². The Morgan fingerprint density at radius 3 is 2.77 bits per heavy atom. The number of aliphatic imine (C=N–C) groups is 1. The zero-order chi connectivity index (χ0) is 18.3. The molecule has 0 aliphatic carbocycles. The first-order chi connectivity index (χ1) is 12.5.